The molecule has 0 amide bonds. The van der Waals surface area contributed by atoms with Crippen LogP contribution in [-0.4, -0.2) is 36.5 Å². The van der Waals surface area contributed by atoms with E-state index in [9.17, 15) is 4.79 Å². The number of hydrogen-bond acceptors (Lipinski definition) is 2. The molecular weight excluding hydrogens is 660 g/mol. The monoisotopic (exact) mass is 654 g/mol. The zero-order valence-electron chi connectivity index (χ0n) is 10.6. The van der Waals surface area contributed by atoms with Crippen molar-refractivity contribution in [2.45, 2.75) is 30.0 Å². The molecule has 25 heavy (non-hydrogen) atoms. The minimum Gasteiger partial charge on any atom is -0.427 e. The van der Waals surface area contributed by atoms with E-state index in [2.05, 4.69) is 4.74 Å². The first-order chi connectivity index (χ1) is 10.6. The van der Waals surface area contributed by atoms with Gasteiger partial charge in [-0.1, -0.05) is 174 Å². The van der Waals surface area contributed by atoms with Crippen LogP contribution in [0.1, 0.15) is 0 Å². The van der Waals surface area contributed by atoms with E-state index in [1.165, 1.54) is 0 Å². The highest BCUT2D eigenvalue weighted by Crippen LogP contribution is 2.70. The van der Waals surface area contributed by atoms with Gasteiger partial charge in [0.05, 0.1) is 0 Å². The summed E-state index contributed by atoms with van der Waals surface area (Å²) >= 11 is 88.2. The number of carbonyl (C=O) groups is 1. The third-order valence-electron chi connectivity index (χ3n) is 2.50. The number of carbonyl (C=O) groups excluding carboxylic acids is 1. The maximum absolute atomic E-state index is 10.5. The molecule has 17 heteroatoms. The average Bonchev–Trinajstić information content (AvgIpc) is 2.35. The highest BCUT2D eigenvalue weighted by Gasteiger charge is 2.80. The van der Waals surface area contributed by atoms with E-state index in [0.29, 0.717) is 0 Å². The topological polar surface area (TPSA) is 26.3 Å². The summed E-state index contributed by atoms with van der Waals surface area (Å²) in [5.41, 5.74) is 0. The highest BCUT2D eigenvalue weighted by molar-refractivity contribution is 6.82. The van der Waals surface area contributed by atoms with E-state index < -0.39 is 30.0 Å². The van der Waals surface area contributed by atoms with Crippen molar-refractivity contribution < 1.29 is 9.53 Å². The van der Waals surface area contributed by atoms with E-state index in [4.69, 9.17) is 174 Å². The zero-order valence-corrected chi connectivity index (χ0v) is 21.9. The molecule has 0 aromatic rings. The molecule has 0 heterocycles. The van der Waals surface area contributed by atoms with Crippen LogP contribution < -0.4 is 0 Å². The van der Waals surface area contributed by atoms with E-state index in [1.807, 2.05) is 0 Å². The second kappa shape index (κ2) is 8.75. The Morgan fingerprint density at radius 2 is 0.760 bits per heavy atom. The van der Waals surface area contributed by atoms with Crippen molar-refractivity contribution >= 4 is 180 Å². The van der Waals surface area contributed by atoms with Crippen molar-refractivity contribution in [3.05, 3.63) is 0 Å². The standard InChI is InChI=1S/C8HCl15O2/c9-2(10,3(11,12)5(15,16)7(19,20)21)4(13,14)6(17,18)8(22,23)25-1-24/h1H. The van der Waals surface area contributed by atoms with Gasteiger partial charge in [0, 0.05) is 0 Å². The van der Waals surface area contributed by atoms with Crippen molar-refractivity contribution in [2.24, 2.45) is 0 Å². The Hall–Kier alpha value is 3.82. The normalized spacial score (nSPS) is 16.0. The summed E-state index contributed by atoms with van der Waals surface area (Å²) in [6, 6.07) is 0. The van der Waals surface area contributed by atoms with Crippen LogP contribution in [0.2, 0.25) is 0 Å². The Bertz CT molecular complexity index is 504. The summed E-state index contributed by atoms with van der Waals surface area (Å²) in [6.45, 7) is -0.225. The summed E-state index contributed by atoms with van der Waals surface area (Å²) in [6.07, 6.45) is 0. The van der Waals surface area contributed by atoms with Gasteiger partial charge in [-0.15, -0.1) is 0 Å². The van der Waals surface area contributed by atoms with Gasteiger partial charge in [-0.05, 0) is 0 Å². The fraction of sp³-hybridized carbons (Fsp3) is 0.875. The van der Waals surface area contributed by atoms with E-state index in [1.54, 1.807) is 0 Å². The molecule has 0 unspecified atom stereocenters. The van der Waals surface area contributed by atoms with Gasteiger partial charge in [0.1, 0.15) is 0 Å². The van der Waals surface area contributed by atoms with Gasteiger partial charge in [0.15, 0.2) is 13.0 Å². The Morgan fingerprint density at radius 3 is 1.04 bits per heavy atom. The molecule has 0 saturated heterocycles. The fourth-order valence-corrected chi connectivity index (χ4v) is 5.27. The van der Waals surface area contributed by atoms with Gasteiger partial charge in [-0.2, -0.15) is 0 Å². The van der Waals surface area contributed by atoms with E-state index >= 15 is 0 Å². The first kappa shape index (κ1) is 28.8. The third kappa shape index (κ3) is 4.85. The molecular formula is C8HCl15O2. The van der Waals surface area contributed by atoms with Crippen molar-refractivity contribution in [3.63, 3.8) is 0 Å². The first-order valence-corrected chi connectivity index (χ1v) is 10.7. The molecule has 0 aliphatic heterocycles. The lowest BCUT2D eigenvalue weighted by Crippen LogP contribution is -2.68. The van der Waals surface area contributed by atoms with Crippen molar-refractivity contribution in [3.8, 4) is 0 Å². The predicted octanol–water partition coefficient (Wildman–Crippen LogP) is 8.53. The molecule has 0 aliphatic rings. The minimum absolute atomic E-state index is 0.225. The van der Waals surface area contributed by atoms with Gasteiger partial charge in [0.25, 0.3) is 11.0 Å². The van der Waals surface area contributed by atoms with Crippen LogP contribution in [0, 0.1) is 0 Å². The molecule has 2 nitrogen and oxygen atoms in total. The minimum atomic E-state index is -2.97. The van der Waals surface area contributed by atoms with Gasteiger partial charge < -0.3 is 4.74 Å². The molecule has 0 bridgehead atoms. The molecule has 0 aliphatic carbocycles. The zero-order chi connectivity index (χ0) is 20.9. The number of rotatable bonds is 7. The molecule has 0 spiro atoms. The molecule has 0 aromatic carbocycles. The maximum Gasteiger partial charge on any atom is 0.297 e. The molecule has 0 N–H and O–H groups in total. The number of ether oxygens (including phenoxy) is 1. The molecule has 0 fully saturated rings. The molecule has 0 rings (SSSR count). The summed E-state index contributed by atoms with van der Waals surface area (Å²) < 4.78 is -15.6. The lowest BCUT2D eigenvalue weighted by molar-refractivity contribution is -0.132. The van der Waals surface area contributed by atoms with Crippen LogP contribution in [0.3, 0.4) is 0 Å². The largest absolute Gasteiger partial charge is 0.427 e. The molecule has 150 valence electrons. The van der Waals surface area contributed by atoms with Gasteiger partial charge >= 0.3 is 0 Å². The summed E-state index contributed by atoms with van der Waals surface area (Å²) in [4.78, 5) is 10.5. The van der Waals surface area contributed by atoms with Gasteiger partial charge in [0.2, 0.25) is 12.5 Å². The lowest BCUT2D eigenvalue weighted by Gasteiger charge is -2.52. The van der Waals surface area contributed by atoms with E-state index in [0.717, 1.165) is 0 Å². The predicted molar refractivity (Wildman–Crippen MR) is 114 cm³/mol. The van der Waals surface area contributed by atoms with E-state index in [-0.39, 0.29) is 6.47 Å². The average molecular weight is 661 g/mol. The fourth-order valence-electron chi connectivity index (χ4n) is 1.09. The van der Waals surface area contributed by atoms with Crippen LogP contribution in [-0.2, 0) is 9.53 Å². The Labute approximate surface area is 217 Å². The summed E-state index contributed by atoms with van der Waals surface area (Å²) in [7, 11) is 0. The lowest BCUT2D eigenvalue weighted by atomic mass is 10.1. The van der Waals surface area contributed by atoms with Crippen LogP contribution >= 0.6 is 174 Å². The Balaban J connectivity index is 6.44. The SMILES string of the molecule is O=COC(Cl)(Cl)C(Cl)(Cl)C(Cl)(Cl)C(Cl)(Cl)C(Cl)(Cl)C(Cl)(Cl)C(Cl)(Cl)Cl. The Morgan fingerprint density at radius 1 is 0.480 bits per heavy atom. The maximum atomic E-state index is 10.5. The summed E-state index contributed by atoms with van der Waals surface area (Å²) in [5.74, 6) is 0. The molecule has 0 aromatic heterocycles. The smallest absolute Gasteiger partial charge is 0.297 e. The first-order valence-electron chi connectivity index (χ1n) is 5.01. The van der Waals surface area contributed by atoms with Crippen molar-refractivity contribution in [1.82, 2.24) is 0 Å². The quantitative estimate of drug-likeness (QED) is 0.202. The molecule has 0 atom stereocenters. The summed E-state index contributed by atoms with van der Waals surface area (Å²) in [5, 5.41) is 0. The molecule has 0 saturated carbocycles. The molecule has 0 radical (unpaired) electrons. The van der Waals surface area contributed by atoms with Gasteiger partial charge in [-0.3, -0.25) is 4.79 Å². The third-order valence-corrected chi connectivity index (χ3v) is 12.2. The van der Waals surface area contributed by atoms with Crippen LogP contribution in [0.4, 0.5) is 0 Å². The van der Waals surface area contributed by atoms with Gasteiger partial charge in [-0.25, -0.2) is 0 Å². The second-order valence-corrected chi connectivity index (χ2v) is 14.3. The van der Waals surface area contributed by atoms with Crippen molar-refractivity contribution in [1.29, 1.82) is 0 Å². The number of alkyl halides is 15. The number of hydrogen-bond donors (Lipinski definition) is 0. The van der Waals surface area contributed by atoms with Crippen LogP contribution in [0.15, 0.2) is 0 Å². The van der Waals surface area contributed by atoms with Crippen LogP contribution in [0.25, 0.3) is 0 Å². The van der Waals surface area contributed by atoms with Crippen molar-refractivity contribution in [2.75, 3.05) is 0 Å². The number of halogens is 15. The Kier molecular flexibility index (Phi) is 10.1. The highest BCUT2D eigenvalue weighted by atomic mass is 35.6. The van der Waals surface area contributed by atoms with Crippen LogP contribution in [0.5, 0.6) is 0 Å². The second-order valence-electron chi connectivity index (χ2n) is 4.10.